The van der Waals surface area contributed by atoms with Crippen LogP contribution in [0, 0.1) is 20.2 Å². The van der Waals surface area contributed by atoms with Crippen LogP contribution < -0.4 is 14.8 Å². The van der Waals surface area contributed by atoms with Crippen molar-refractivity contribution in [2.75, 3.05) is 19.5 Å². The van der Waals surface area contributed by atoms with Gasteiger partial charge in [-0.05, 0) is 36.4 Å². The Morgan fingerprint density at radius 1 is 0.886 bits per heavy atom. The molecule has 0 saturated carbocycles. The van der Waals surface area contributed by atoms with E-state index in [1.54, 1.807) is 48.5 Å². The Labute approximate surface area is 198 Å². The summed E-state index contributed by atoms with van der Waals surface area (Å²) in [5.41, 5.74) is 0.651. The number of fused-ring (bicyclic) bond motifs is 1. The van der Waals surface area contributed by atoms with E-state index in [2.05, 4.69) is 10.3 Å². The van der Waals surface area contributed by atoms with Crippen molar-refractivity contribution in [2.45, 2.75) is 0 Å². The van der Waals surface area contributed by atoms with Gasteiger partial charge in [-0.2, -0.15) is 0 Å². The topological polar surface area (TPSA) is 147 Å². The SMILES string of the molecule is COc1ccc(-c2cc(C(=O)Nc3ccc([N+](=O)[O-])cc3[N+](=O)[O-])c3ccccc3n2)cc1OC. The number of nitrogens with zero attached hydrogens (tertiary/aromatic N) is 3. The van der Waals surface area contributed by atoms with Crippen LogP contribution in [-0.4, -0.2) is 35.0 Å². The number of rotatable bonds is 7. The first-order valence-corrected chi connectivity index (χ1v) is 10.2. The molecule has 4 rings (SSSR count). The van der Waals surface area contributed by atoms with E-state index in [1.807, 2.05) is 0 Å². The number of nitrogens with one attached hydrogen (secondary N) is 1. The molecule has 1 heterocycles. The number of benzene rings is 3. The lowest BCUT2D eigenvalue weighted by atomic mass is 10.0. The van der Waals surface area contributed by atoms with Crippen LogP contribution >= 0.6 is 0 Å². The van der Waals surface area contributed by atoms with Gasteiger partial charge in [-0.1, -0.05) is 18.2 Å². The van der Waals surface area contributed by atoms with E-state index in [1.165, 1.54) is 14.2 Å². The molecule has 0 aliphatic rings. The zero-order valence-electron chi connectivity index (χ0n) is 18.6. The molecule has 0 spiro atoms. The van der Waals surface area contributed by atoms with Crippen molar-refractivity contribution in [3.63, 3.8) is 0 Å². The van der Waals surface area contributed by atoms with Crippen molar-refractivity contribution >= 4 is 33.9 Å². The number of anilines is 1. The first-order chi connectivity index (χ1) is 16.8. The number of amides is 1. The van der Waals surface area contributed by atoms with Crippen LogP contribution in [0.2, 0.25) is 0 Å². The summed E-state index contributed by atoms with van der Waals surface area (Å²) in [6.07, 6.45) is 0. The number of carbonyl (C=O) groups is 1. The van der Waals surface area contributed by atoms with E-state index in [9.17, 15) is 25.0 Å². The molecule has 0 saturated heterocycles. The molecule has 3 aromatic carbocycles. The lowest BCUT2D eigenvalue weighted by molar-refractivity contribution is -0.393. The van der Waals surface area contributed by atoms with Gasteiger partial charge < -0.3 is 14.8 Å². The predicted molar refractivity (Wildman–Crippen MR) is 128 cm³/mol. The number of hydrogen-bond acceptors (Lipinski definition) is 8. The largest absolute Gasteiger partial charge is 0.493 e. The Morgan fingerprint density at radius 3 is 2.31 bits per heavy atom. The second kappa shape index (κ2) is 9.43. The van der Waals surface area contributed by atoms with Gasteiger partial charge in [-0.3, -0.25) is 25.0 Å². The molecular weight excluding hydrogens is 456 g/mol. The van der Waals surface area contributed by atoms with Crippen molar-refractivity contribution in [3.05, 3.63) is 92.5 Å². The standard InChI is InChI=1S/C24H18N4O7/c1-34-22-10-7-14(11-23(22)35-2)20-13-17(16-5-3-4-6-18(16)25-20)24(29)26-19-9-8-15(27(30)31)12-21(19)28(32)33/h3-13H,1-2H3,(H,26,29). The molecule has 4 aromatic rings. The molecule has 176 valence electrons. The van der Waals surface area contributed by atoms with Crippen molar-refractivity contribution in [1.29, 1.82) is 0 Å². The first kappa shape index (κ1) is 23.1. The number of methoxy groups -OCH3 is 2. The maximum atomic E-state index is 13.3. The van der Waals surface area contributed by atoms with E-state index in [4.69, 9.17) is 9.47 Å². The Bertz CT molecular complexity index is 1490. The van der Waals surface area contributed by atoms with Gasteiger partial charge in [0.25, 0.3) is 17.3 Å². The highest BCUT2D eigenvalue weighted by molar-refractivity contribution is 6.13. The molecular formula is C24H18N4O7. The van der Waals surface area contributed by atoms with Crippen molar-refractivity contribution < 1.29 is 24.1 Å². The Kier molecular flexibility index (Phi) is 6.23. The Balaban J connectivity index is 1.80. The van der Waals surface area contributed by atoms with Gasteiger partial charge in [-0.15, -0.1) is 0 Å². The number of aromatic nitrogens is 1. The van der Waals surface area contributed by atoms with Crippen LogP contribution in [-0.2, 0) is 0 Å². The summed E-state index contributed by atoms with van der Waals surface area (Å²) < 4.78 is 10.6. The summed E-state index contributed by atoms with van der Waals surface area (Å²) in [5, 5.41) is 25.5. The number of pyridine rings is 1. The molecule has 0 unspecified atom stereocenters. The molecule has 0 fully saturated rings. The zero-order chi connectivity index (χ0) is 25.1. The summed E-state index contributed by atoms with van der Waals surface area (Å²) in [5.74, 6) is 0.371. The smallest absolute Gasteiger partial charge is 0.299 e. The minimum atomic E-state index is -0.789. The summed E-state index contributed by atoms with van der Waals surface area (Å²) in [4.78, 5) is 38.9. The van der Waals surface area contributed by atoms with Crippen LogP contribution in [0.5, 0.6) is 11.5 Å². The number of ether oxygens (including phenoxy) is 2. The van der Waals surface area contributed by atoms with E-state index in [0.29, 0.717) is 33.7 Å². The molecule has 0 radical (unpaired) electrons. The monoisotopic (exact) mass is 474 g/mol. The van der Waals surface area contributed by atoms with Gasteiger partial charge in [0.2, 0.25) is 0 Å². The summed E-state index contributed by atoms with van der Waals surface area (Å²) in [7, 11) is 3.02. The van der Waals surface area contributed by atoms with E-state index in [-0.39, 0.29) is 11.3 Å². The quantitative estimate of drug-likeness (QED) is 0.291. The number of non-ortho nitro benzene ring substituents is 1. The predicted octanol–water partition coefficient (Wildman–Crippen LogP) is 4.99. The summed E-state index contributed by atoms with van der Waals surface area (Å²) >= 11 is 0. The average molecular weight is 474 g/mol. The molecule has 1 aromatic heterocycles. The minimum absolute atomic E-state index is 0.167. The second-order valence-corrected chi connectivity index (χ2v) is 7.31. The number of para-hydroxylation sites is 1. The summed E-state index contributed by atoms with van der Waals surface area (Å²) in [6, 6.07) is 16.7. The molecule has 11 heteroatoms. The van der Waals surface area contributed by atoms with Crippen LogP contribution in [0.25, 0.3) is 22.2 Å². The number of nitro groups is 2. The highest BCUT2D eigenvalue weighted by Crippen LogP contribution is 2.34. The molecule has 0 atom stereocenters. The number of hydrogen-bond donors (Lipinski definition) is 1. The maximum absolute atomic E-state index is 13.3. The third kappa shape index (κ3) is 4.55. The van der Waals surface area contributed by atoms with Crippen LogP contribution in [0.3, 0.4) is 0 Å². The van der Waals surface area contributed by atoms with Crippen LogP contribution in [0.1, 0.15) is 10.4 Å². The van der Waals surface area contributed by atoms with Gasteiger partial charge in [0.05, 0.1) is 46.9 Å². The fourth-order valence-corrected chi connectivity index (χ4v) is 3.59. The second-order valence-electron chi connectivity index (χ2n) is 7.31. The minimum Gasteiger partial charge on any atom is -0.493 e. The summed E-state index contributed by atoms with van der Waals surface area (Å²) in [6.45, 7) is 0. The number of carbonyl (C=O) groups excluding carboxylic acids is 1. The molecule has 0 aliphatic carbocycles. The highest BCUT2D eigenvalue weighted by Gasteiger charge is 2.23. The third-order valence-corrected chi connectivity index (χ3v) is 5.28. The zero-order valence-corrected chi connectivity index (χ0v) is 18.6. The van der Waals surface area contributed by atoms with Gasteiger partial charge in [0.15, 0.2) is 11.5 Å². The lowest BCUT2D eigenvalue weighted by Crippen LogP contribution is -2.14. The maximum Gasteiger partial charge on any atom is 0.299 e. The Morgan fingerprint density at radius 2 is 1.63 bits per heavy atom. The van der Waals surface area contributed by atoms with Crippen LogP contribution in [0.4, 0.5) is 17.1 Å². The van der Waals surface area contributed by atoms with Crippen molar-refractivity contribution in [3.8, 4) is 22.8 Å². The third-order valence-electron chi connectivity index (χ3n) is 5.28. The molecule has 11 nitrogen and oxygen atoms in total. The van der Waals surface area contributed by atoms with Gasteiger partial charge >= 0.3 is 0 Å². The lowest BCUT2D eigenvalue weighted by Gasteiger charge is -2.12. The van der Waals surface area contributed by atoms with E-state index < -0.39 is 27.1 Å². The molecule has 1 amide bonds. The molecule has 0 bridgehead atoms. The fraction of sp³-hybridized carbons (Fsp3) is 0.0833. The van der Waals surface area contributed by atoms with Gasteiger partial charge in [0, 0.05) is 17.0 Å². The molecule has 1 N–H and O–H groups in total. The van der Waals surface area contributed by atoms with Crippen molar-refractivity contribution in [1.82, 2.24) is 4.98 Å². The molecule has 35 heavy (non-hydrogen) atoms. The normalized spacial score (nSPS) is 10.6. The molecule has 0 aliphatic heterocycles. The van der Waals surface area contributed by atoms with E-state index >= 15 is 0 Å². The van der Waals surface area contributed by atoms with Crippen molar-refractivity contribution in [2.24, 2.45) is 0 Å². The Hall–Kier alpha value is -5.06. The average Bonchev–Trinajstić information content (AvgIpc) is 2.87. The van der Waals surface area contributed by atoms with Crippen LogP contribution in [0.15, 0.2) is 66.7 Å². The van der Waals surface area contributed by atoms with Gasteiger partial charge in [0.1, 0.15) is 5.69 Å². The number of nitro benzene ring substituents is 2. The van der Waals surface area contributed by atoms with Gasteiger partial charge in [-0.25, -0.2) is 4.98 Å². The first-order valence-electron chi connectivity index (χ1n) is 10.2. The fourth-order valence-electron chi connectivity index (χ4n) is 3.59. The highest BCUT2D eigenvalue weighted by atomic mass is 16.6. The van der Waals surface area contributed by atoms with E-state index in [0.717, 1.165) is 18.2 Å².